The molecule has 3 heterocycles. The number of hydrazine groups is 1. The first-order chi connectivity index (χ1) is 24.2. The fourth-order valence-electron chi connectivity index (χ4n) is 9.51. The number of halogens is 2. The molecule has 3 aromatic rings. The summed E-state index contributed by atoms with van der Waals surface area (Å²) < 4.78 is 11.7. The molecule has 0 radical (unpaired) electrons. The Labute approximate surface area is 299 Å². The predicted molar refractivity (Wildman–Crippen MR) is 184 cm³/mol. The van der Waals surface area contributed by atoms with Gasteiger partial charge in [-0.3, -0.25) is 29.5 Å². The Balaban J connectivity index is 1.30. The van der Waals surface area contributed by atoms with Crippen molar-refractivity contribution in [3.05, 3.63) is 93.4 Å². The van der Waals surface area contributed by atoms with Crippen LogP contribution in [0.5, 0.6) is 5.75 Å². The van der Waals surface area contributed by atoms with Crippen LogP contribution in [0.4, 0.5) is 5.69 Å². The number of hydrogen-bond donors (Lipinski definition) is 2. The van der Waals surface area contributed by atoms with Gasteiger partial charge in [-0.1, -0.05) is 66.2 Å². The van der Waals surface area contributed by atoms with Gasteiger partial charge in [0.1, 0.15) is 29.3 Å². The predicted octanol–water partition coefficient (Wildman–Crippen LogP) is 6.40. The van der Waals surface area contributed by atoms with Gasteiger partial charge in [0.15, 0.2) is 0 Å². The molecule has 10 nitrogen and oxygen atoms in total. The third-order valence-electron chi connectivity index (χ3n) is 11.7. The first kappa shape index (κ1) is 33.0. The minimum atomic E-state index is -1.52. The van der Waals surface area contributed by atoms with E-state index in [1.165, 1.54) is 11.0 Å². The molecule has 3 aliphatic carbocycles. The van der Waals surface area contributed by atoms with Crippen LogP contribution in [-0.2, 0) is 31.2 Å². The SMILES string of the molecule is COc1ccc(C23C(=O)N(Nc4ccc(Cl)cc4Cl)C(=O)C2CC2C(=CCC4C(=O)N(C5CCCCC5)C(=O)C42)C3c2ccc(CO)o2)cc1. The van der Waals surface area contributed by atoms with Gasteiger partial charge in [0.2, 0.25) is 11.8 Å². The van der Waals surface area contributed by atoms with Crippen molar-refractivity contribution in [2.24, 2.45) is 23.7 Å². The van der Waals surface area contributed by atoms with E-state index >= 15 is 4.79 Å². The molecule has 50 heavy (non-hydrogen) atoms. The van der Waals surface area contributed by atoms with Crippen LogP contribution < -0.4 is 10.2 Å². The minimum absolute atomic E-state index is 0.119. The number of carbonyl (C=O) groups is 4. The zero-order chi connectivity index (χ0) is 34.9. The van der Waals surface area contributed by atoms with Crippen LogP contribution in [0.15, 0.2) is 70.7 Å². The van der Waals surface area contributed by atoms with E-state index in [1.54, 1.807) is 55.6 Å². The summed E-state index contributed by atoms with van der Waals surface area (Å²) in [6, 6.07) is 15.1. The number of anilines is 1. The summed E-state index contributed by atoms with van der Waals surface area (Å²) >= 11 is 12.7. The molecule has 2 aromatic carbocycles. The Hall–Kier alpha value is -4.12. The van der Waals surface area contributed by atoms with Crippen LogP contribution in [-0.4, -0.2) is 51.8 Å². The van der Waals surface area contributed by atoms with Crippen molar-refractivity contribution in [1.29, 1.82) is 0 Å². The quantitative estimate of drug-likeness (QED) is 0.212. The molecular formula is C38H37Cl2N3O7. The van der Waals surface area contributed by atoms with Crippen molar-refractivity contribution in [2.75, 3.05) is 12.5 Å². The lowest BCUT2D eigenvalue weighted by atomic mass is 9.49. The van der Waals surface area contributed by atoms with Gasteiger partial charge in [-0.15, -0.1) is 0 Å². The smallest absolute Gasteiger partial charge is 0.260 e. The van der Waals surface area contributed by atoms with Crippen molar-refractivity contribution in [1.82, 2.24) is 9.91 Å². The molecule has 8 rings (SSSR count). The number of likely N-dealkylation sites (tertiary alicyclic amines) is 1. The number of benzene rings is 2. The third-order valence-corrected chi connectivity index (χ3v) is 12.2. The number of aliphatic hydroxyl groups is 1. The van der Waals surface area contributed by atoms with E-state index in [-0.39, 0.29) is 35.9 Å². The standard InChI is InChI=1S/C38H37Cl2N3O7/c1-49-23-10-7-20(8-11-23)38-28(35(46)43(37(38)48)41-30-15-9-21(39)17-29(30)40)18-27-25(33(38)31-16-12-24(19-44)50-31)13-14-26-32(27)36(47)42(34(26)45)22-5-3-2-4-6-22/h7-13,15-17,22,26-28,32-33,41,44H,2-6,14,18-19H2,1H3. The lowest BCUT2D eigenvalue weighted by molar-refractivity contribution is -0.144. The fourth-order valence-corrected chi connectivity index (χ4v) is 9.96. The highest BCUT2D eigenvalue weighted by Crippen LogP contribution is 2.64. The van der Waals surface area contributed by atoms with Gasteiger partial charge < -0.3 is 14.3 Å². The summed E-state index contributed by atoms with van der Waals surface area (Å²) in [7, 11) is 1.55. The van der Waals surface area contributed by atoms with E-state index in [4.69, 9.17) is 32.4 Å². The molecule has 5 aliphatic rings. The van der Waals surface area contributed by atoms with Crippen molar-refractivity contribution in [3.8, 4) is 5.75 Å². The van der Waals surface area contributed by atoms with Gasteiger partial charge in [-0.25, -0.2) is 0 Å². The molecule has 0 bridgehead atoms. The highest BCUT2D eigenvalue weighted by atomic mass is 35.5. The maximum atomic E-state index is 15.2. The van der Waals surface area contributed by atoms with E-state index in [0.717, 1.165) is 42.7 Å². The van der Waals surface area contributed by atoms with E-state index in [2.05, 4.69) is 5.43 Å². The lowest BCUT2D eigenvalue weighted by Gasteiger charge is -2.49. The second kappa shape index (κ2) is 12.6. The van der Waals surface area contributed by atoms with Crippen molar-refractivity contribution >= 4 is 52.5 Å². The zero-order valence-electron chi connectivity index (χ0n) is 27.4. The van der Waals surface area contributed by atoms with E-state index in [0.29, 0.717) is 40.0 Å². The highest BCUT2D eigenvalue weighted by Gasteiger charge is 2.71. The molecule has 260 valence electrons. The number of nitrogens with zero attached hydrogens (tertiary/aromatic N) is 2. The van der Waals surface area contributed by atoms with Gasteiger partial charge in [0, 0.05) is 11.1 Å². The maximum absolute atomic E-state index is 15.2. The summed E-state index contributed by atoms with van der Waals surface area (Å²) in [6.45, 7) is -0.363. The maximum Gasteiger partial charge on any atom is 0.260 e. The van der Waals surface area contributed by atoms with E-state index in [9.17, 15) is 19.5 Å². The number of aliphatic hydroxyl groups excluding tert-OH is 1. The molecule has 0 spiro atoms. The summed E-state index contributed by atoms with van der Waals surface area (Å²) in [5, 5.41) is 11.7. The molecule has 1 aromatic heterocycles. The average molecular weight is 719 g/mol. The Morgan fingerprint density at radius 3 is 2.38 bits per heavy atom. The van der Waals surface area contributed by atoms with E-state index in [1.807, 2.05) is 6.08 Å². The third kappa shape index (κ3) is 4.86. The Morgan fingerprint density at radius 2 is 1.70 bits per heavy atom. The number of hydrogen-bond acceptors (Lipinski definition) is 8. The number of methoxy groups -OCH3 is 1. The molecule has 2 saturated carbocycles. The van der Waals surface area contributed by atoms with E-state index < -0.39 is 46.8 Å². The number of fused-ring (bicyclic) bond motifs is 4. The first-order valence-electron chi connectivity index (χ1n) is 17.2. The number of furan rings is 1. The van der Waals surface area contributed by atoms with Gasteiger partial charge in [-0.05, 0) is 79.6 Å². The normalized spacial score (nSPS) is 29.5. The summed E-state index contributed by atoms with van der Waals surface area (Å²) in [6.07, 6.45) is 7.13. The van der Waals surface area contributed by atoms with Crippen LogP contribution in [0.25, 0.3) is 0 Å². The van der Waals surface area contributed by atoms with Crippen LogP contribution in [0.2, 0.25) is 10.0 Å². The number of allylic oxidation sites excluding steroid dienone is 2. The number of carbonyl (C=O) groups excluding carboxylic acids is 4. The summed E-state index contributed by atoms with van der Waals surface area (Å²) in [5.74, 6) is -3.57. The number of ether oxygens (including phenoxy) is 1. The topological polar surface area (TPSA) is 129 Å². The second-order valence-corrected chi connectivity index (χ2v) is 14.9. The Bertz CT molecular complexity index is 1920. The van der Waals surface area contributed by atoms with Gasteiger partial charge in [-0.2, -0.15) is 5.01 Å². The molecule has 4 fully saturated rings. The number of imide groups is 2. The fraction of sp³-hybridized carbons (Fsp3) is 0.421. The minimum Gasteiger partial charge on any atom is -0.497 e. The second-order valence-electron chi connectivity index (χ2n) is 14.0. The van der Waals surface area contributed by atoms with Crippen molar-refractivity contribution < 1.29 is 33.4 Å². The van der Waals surface area contributed by atoms with Crippen LogP contribution in [0.1, 0.15) is 67.9 Å². The van der Waals surface area contributed by atoms with Gasteiger partial charge >= 0.3 is 0 Å². The number of nitrogens with one attached hydrogen (secondary N) is 1. The Kier molecular flexibility index (Phi) is 8.32. The molecule has 6 unspecified atom stereocenters. The van der Waals surface area contributed by atoms with Crippen molar-refractivity contribution in [2.45, 2.75) is 68.9 Å². The highest BCUT2D eigenvalue weighted by molar-refractivity contribution is 6.36. The molecule has 12 heteroatoms. The zero-order valence-corrected chi connectivity index (χ0v) is 29.0. The first-order valence-corrected chi connectivity index (χ1v) is 18.0. The summed E-state index contributed by atoms with van der Waals surface area (Å²) in [5.41, 5.74) is 3.14. The largest absolute Gasteiger partial charge is 0.497 e. The molecule has 4 amide bonds. The number of rotatable bonds is 7. The van der Waals surface area contributed by atoms with Crippen LogP contribution in [0.3, 0.4) is 0 Å². The monoisotopic (exact) mass is 717 g/mol. The molecule has 2 N–H and O–H groups in total. The molecule has 2 saturated heterocycles. The molecule has 2 aliphatic heterocycles. The molecular weight excluding hydrogens is 681 g/mol. The average Bonchev–Trinajstić information content (AvgIpc) is 3.77. The van der Waals surface area contributed by atoms with Crippen LogP contribution in [0, 0.1) is 23.7 Å². The Morgan fingerprint density at radius 1 is 0.940 bits per heavy atom. The molecule has 6 atom stereocenters. The van der Waals surface area contributed by atoms with Crippen LogP contribution >= 0.6 is 23.2 Å². The summed E-state index contributed by atoms with van der Waals surface area (Å²) in [4.78, 5) is 60.0. The number of amides is 4. The lowest BCUT2D eigenvalue weighted by Crippen LogP contribution is -2.53. The van der Waals surface area contributed by atoms with Crippen molar-refractivity contribution in [3.63, 3.8) is 0 Å². The van der Waals surface area contributed by atoms with Gasteiger partial charge in [0.25, 0.3) is 11.8 Å². The van der Waals surface area contributed by atoms with Gasteiger partial charge in [0.05, 0.1) is 41.5 Å².